The van der Waals surface area contributed by atoms with Gasteiger partial charge in [0.1, 0.15) is 0 Å². The van der Waals surface area contributed by atoms with Gasteiger partial charge in [-0.1, -0.05) is 0 Å². The molecule has 0 saturated carbocycles. The molecule has 15 heavy (non-hydrogen) atoms. The van der Waals surface area contributed by atoms with Crippen LogP contribution in [0.2, 0.25) is 0 Å². The summed E-state index contributed by atoms with van der Waals surface area (Å²) in [6.45, 7) is -0.104. The van der Waals surface area contributed by atoms with Gasteiger partial charge in [0, 0.05) is 0 Å². The molecule has 0 unspecified atom stereocenters. The third-order valence-electron chi connectivity index (χ3n) is 1.77. The number of hydrogen-bond acceptors (Lipinski definition) is 3. The number of hydrogen-bond donors (Lipinski definition) is 2. The SMILES string of the molecule is CNCC(=O)c1cc(Br)c(O)c(F)c1F. The number of benzene rings is 1. The van der Waals surface area contributed by atoms with Crippen molar-refractivity contribution in [3.05, 3.63) is 27.7 Å². The summed E-state index contributed by atoms with van der Waals surface area (Å²) in [4.78, 5) is 11.3. The van der Waals surface area contributed by atoms with Gasteiger partial charge in [0.25, 0.3) is 0 Å². The number of aromatic hydroxyl groups is 1. The molecule has 6 heteroatoms. The van der Waals surface area contributed by atoms with E-state index in [0.717, 1.165) is 6.07 Å². The van der Waals surface area contributed by atoms with Crippen molar-refractivity contribution in [1.29, 1.82) is 0 Å². The Kier molecular flexibility index (Phi) is 3.76. The summed E-state index contributed by atoms with van der Waals surface area (Å²) in [5.41, 5.74) is -0.397. The molecule has 0 aromatic heterocycles. The van der Waals surface area contributed by atoms with Gasteiger partial charge in [-0.3, -0.25) is 4.79 Å². The van der Waals surface area contributed by atoms with Crippen LogP contribution in [0.15, 0.2) is 10.5 Å². The molecule has 0 aliphatic rings. The van der Waals surface area contributed by atoms with Crippen molar-refractivity contribution >= 4 is 21.7 Å². The maximum Gasteiger partial charge on any atom is 0.202 e. The van der Waals surface area contributed by atoms with E-state index in [2.05, 4.69) is 21.2 Å². The van der Waals surface area contributed by atoms with Crippen molar-refractivity contribution in [2.45, 2.75) is 0 Å². The highest BCUT2D eigenvalue weighted by Gasteiger charge is 2.20. The highest BCUT2D eigenvalue weighted by molar-refractivity contribution is 9.10. The zero-order valence-corrected chi connectivity index (χ0v) is 9.36. The van der Waals surface area contributed by atoms with E-state index in [0.29, 0.717) is 0 Å². The molecule has 0 radical (unpaired) electrons. The molecule has 0 bridgehead atoms. The van der Waals surface area contributed by atoms with Crippen LogP contribution in [0.5, 0.6) is 5.75 Å². The zero-order valence-electron chi connectivity index (χ0n) is 7.77. The molecule has 0 heterocycles. The van der Waals surface area contributed by atoms with Crippen molar-refractivity contribution in [3.63, 3.8) is 0 Å². The van der Waals surface area contributed by atoms with Crippen LogP contribution in [0, 0.1) is 11.6 Å². The van der Waals surface area contributed by atoms with Gasteiger partial charge in [-0.25, -0.2) is 4.39 Å². The van der Waals surface area contributed by atoms with Crippen LogP contribution >= 0.6 is 15.9 Å². The number of likely N-dealkylation sites (N-methyl/N-ethyl adjacent to an activating group) is 1. The number of rotatable bonds is 3. The molecular weight excluding hydrogens is 272 g/mol. The molecule has 2 N–H and O–H groups in total. The fraction of sp³-hybridized carbons (Fsp3) is 0.222. The average molecular weight is 280 g/mol. The van der Waals surface area contributed by atoms with E-state index in [1.807, 2.05) is 0 Å². The molecule has 0 fully saturated rings. The number of carbonyl (C=O) groups is 1. The first-order valence-electron chi connectivity index (χ1n) is 4.03. The van der Waals surface area contributed by atoms with Crippen LogP contribution in [0.25, 0.3) is 0 Å². The molecule has 0 amide bonds. The van der Waals surface area contributed by atoms with Crippen molar-refractivity contribution in [3.8, 4) is 5.75 Å². The highest BCUT2D eigenvalue weighted by atomic mass is 79.9. The minimum absolute atomic E-state index is 0.0548. The number of phenols is 1. The van der Waals surface area contributed by atoms with Crippen molar-refractivity contribution in [2.24, 2.45) is 0 Å². The lowest BCUT2D eigenvalue weighted by Gasteiger charge is -2.06. The summed E-state index contributed by atoms with van der Waals surface area (Å²) >= 11 is 2.82. The molecule has 1 rings (SSSR count). The molecular formula is C9H8BrF2NO2. The molecule has 1 aromatic carbocycles. The van der Waals surface area contributed by atoms with E-state index in [1.165, 1.54) is 7.05 Å². The minimum atomic E-state index is -1.43. The maximum atomic E-state index is 13.2. The Morgan fingerprint density at radius 1 is 1.53 bits per heavy atom. The first-order chi connectivity index (χ1) is 6.99. The van der Waals surface area contributed by atoms with Crippen LogP contribution in [0.3, 0.4) is 0 Å². The number of halogens is 3. The lowest BCUT2D eigenvalue weighted by molar-refractivity contribution is 0.0988. The van der Waals surface area contributed by atoms with Gasteiger partial charge in [-0.05, 0) is 29.0 Å². The first kappa shape index (κ1) is 12.1. The van der Waals surface area contributed by atoms with Gasteiger partial charge in [0.15, 0.2) is 17.3 Å². The zero-order chi connectivity index (χ0) is 11.6. The van der Waals surface area contributed by atoms with E-state index in [1.54, 1.807) is 0 Å². The van der Waals surface area contributed by atoms with Crippen molar-refractivity contribution in [2.75, 3.05) is 13.6 Å². The van der Waals surface area contributed by atoms with Gasteiger partial charge in [-0.2, -0.15) is 4.39 Å². The largest absolute Gasteiger partial charge is 0.504 e. The second-order valence-corrected chi connectivity index (χ2v) is 3.69. The van der Waals surface area contributed by atoms with Gasteiger partial charge in [-0.15, -0.1) is 0 Å². The normalized spacial score (nSPS) is 10.4. The smallest absolute Gasteiger partial charge is 0.202 e. The first-order valence-corrected chi connectivity index (χ1v) is 4.82. The maximum absolute atomic E-state index is 13.2. The molecule has 0 aliphatic heterocycles. The van der Waals surface area contributed by atoms with E-state index < -0.39 is 28.7 Å². The van der Waals surface area contributed by atoms with Crippen LogP contribution in [-0.4, -0.2) is 24.5 Å². The summed E-state index contributed by atoms with van der Waals surface area (Å²) in [7, 11) is 1.52. The summed E-state index contributed by atoms with van der Waals surface area (Å²) in [5.74, 6) is -4.19. The topological polar surface area (TPSA) is 49.3 Å². The van der Waals surface area contributed by atoms with Gasteiger partial charge >= 0.3 is 0 Å². The number of ketones is 1. The van der Waals surface area contributed by atoms with Crippen LogP contribution < -0.4 is 5.32 Å². The molecule has 0 aliphatic carbocycles. The summed E-state index contributed by atoms with van der Waals surface area (Å²) < 4.78 is 26.2. The summed E-state index contributed by atoms with van der Waals surface area (Å²) in [6.07, 6.45) is 0. The monoisotopic (exact) mass is 279 g/mol. The Bertz CT molecular complexity index is 410. The third-order valence-corrected chi connectivity index (χ3v) is 2.38. The summed E-state index contributed by atoms with van der Waals surface area (Å²) in [6, 6.07) is 1.05. The lowest BCUT2D eigenvalue weighted by Crippen LogP contribution is -2.20. The predicted molar refractivity (Wildman–Crippen MR) is 54.0 cm³/mol. The van der Waals surface area contributed by atoms with Crippen LogP contribution in [-0.2, 0) is 0 Å². The summed E-state index contributed by atoms with van der Waals surface area (Å²) in [5, 5.41) is 11.6. The van der Waals surface area contributed by atoms with E-state index in [-0.39, 0.29) is 11.0 Å². The van der Waals surface area contributed by atoms with Crippen molar-refractivity contribution < 1.29 is 18.7 Å². The Morgan fingerprint density at radius 3 is 2.67 bits per heavy atom. The third kappa shape index (κ3) is 2.32. The minimum Gasteiger partial charge on any atom is -0.504 e. The number of nitrogens with one attached hydrogen (secondary N) is 1. The second-order valence-electron chi connectivity index (χ2n) is 2.84. The molecule has 1 aromatic rings. The van der Waals surface area contributed by atoms with Crippen molar-refractivity contribution in [1.82, 2.24) is 5.32 Å². The molecule has 0 saturated heterocycles. The molecule has 0 atom stereocenters. The Morgan fingerprint density at radius 2 is 2.13 bits per heavy atom. The van der Waals surface area contributed by atoms with Crippen LogP contribution in [0.1, 0.15) is 10.4 Å². The Balaban J connectivity index is 3.26. The van der Waals surface area contributed by atoms with E-state index in [4.69, 9.17) is 5.11 Å². The molecule has 0 spiro atoms. The van der Waals surface area contributed by atoms with E-state index >= 15 is 0 Å². The Hall–Kier alpha value is -1.01. The highest BCUT2D eigenvalue weighted by Crippen LogP contribution is 2.30. The van der Waals surface area contributed by atoms with Crippen LogP contribution in [0.4, 0.5) is 8.78 Å². The molecule has 82 valence electrons. The second kappa shape index (κ2) is 4.67. The Labute approximate surface area is 93.2 Å². The number of Topliss-reactive ketones (excluding diaryl/α,β-unsaturated/α-hetero) is 1. The number of phenolic OH excluding ortho intramolecular Hbond substituents is 1. The quantitative estimate of drug-likeness (QED) is 0.656. The van der Waals surface area contributed by atoms with E-state index in [9.17, 15) is 13.6 Å². The predicted octanol–water partition coefficient (Wildman–Crippen LogP) is 1.83. The number of carbonyl (C=O) groups excluding carboxylic acids is 1. The van der Waals surface area contributed by atoms with Gasteiger partial charge in [0.05, 0.1) is 16.6 Å². The fourth-order valence-corrected chi connectivity index (χ4v) is 1.45. The standard InChI is InChI=1S/C9H8BrF2NO2/c1-13-3-6(14)4-2-5(10)9(15)8(12)7(4)11/h2,13,15H,3H2,1H3. The average Bonchev–Trinajstić information content (AvgIpc) is 2.20. The lowest BCUT2D eigenvalue weighted by atomic mass is 10.1. The molecule has 3 nitrogen and oxygen atoms in total. The van der Waals surface area contributed by atoms with Gasteiger partial charge in [0.2, 0.25) is 5.82 Å². The van der Waals surface area contributed by atoms with Gasteiger partial charge < -0.3 is 10.4 Å². The fourth-order valence-electron chi connectivity index (χ4n) is 1.04.